The molecule has 0 aliphatic carbocycles. The predicted molar refractivity (Wildman–Crippen MR) is 129 cm³/mol. The molecule has 1 aromatic heterocycles. The van der Waals surface area contributed by atoms with Crippen LogP contribution < -0.4 is 10.2 Å². The van der Waals surface area contributed by atoms with E-state index in [4.69, 9.17) is 0 Å². The van der Waals surface area contributed by atoms with Crippen LogP contribution in [0.4, 0.5) is 16.2 Å². The summed E-state index contributed by atoms with van der Waals surface area (Å²) in [5, 5.41) is 4.63. The number of anilines is 2. The molecule has 9 heteroatoms. The molecule has 4 amide bonds. The summed E-state index contributed by atoms with van der Waals surface area (Å²) in [7, 11) is 1.29. The zero-order valence-corrected chi connectivity index (χ0v) is 19.5. The first-order valence-corrected chi connectivity index (χ1v) is 11.5. The highest BCUT2D eigenvalue weighted by Crippen LogP contribution is 2.30. The van der Waals surface area contributed by atoms with E-state index in [1.807, 2.05) is 30.5 Å². The molecule has 0 bridgehead atoms. The van der Waals surface area contributed by atoms with Gasteiger partial charge in [0, 0.05) is 10.6 Å². The number of benzene rings is 2. The van der Waals surface area contributed by atoms with Crippen LogP contribution in [-0.2, 0) is 20.9 Å². The average Bonchev–Trinajstić information content (AvgIpc) is 3.41. The monoisotopic (exact) mass is 477 g/mol. The Kier molecular flexibility index (Phi) is 6.74. The number of nitrogens with one attached hydrogen (secondary N) is 1. The van der Waals surface area contributed by atoms with Crippen molar-refractivity contribution in [1.29, 1.82) is 0 Å². The van der Waals surface area contributed by atoms with Crippen LogP contribution in [0.25, 0.3) is 0 Å². The van der Waals surface area contributed by atoms with E-state index in [2.05, 4.69) is 10.1 Å². The molecule has 2 aromatic carbocycles. The quantitative estimate of drug-likeness (QED) is 0.406. The number of carbonyl (C=O) groups excluding carboxylic acids is 4. The van der Waals surface area contributed by atoms with Gasteiger partial charge in [0.15, 0.2) is 0 Å². The molecular weight excluding hydrogens is 454 g/mol. The molecule has 2 heterocycles. The highest BCUT2D eigenvalue weighted by Gasteiger charge is 2.46. The molecule has 1 aliphatic rings. The van der Waals surface area contributed by atoms with Gasteiger partial charge in [0.1, 0.15) is 6.04 Å². The number of ether oxygens (including phenoxy) is 1. The van der Waals surface area contributed by atoms with Gasteiger partial charge < -0.3 is 15.0 Å². The molecule has 8 nitrogen and oxygen atoms in total. The summed E-state index contributed by atoms with van der Waals surface area (Å²) in [6.45, 7) is 2.12. The summed E-state index contributed by atoms with van der Waals surface area (Å²) in [6, 6.07) is 15.7. The first kappa shape index (κ1) is 23.2. The van der Waals surface area contributed by atoms with Gasteiger partial charge in [-0.15, -0.1) is 11.3 Å². The number of thiophene rings is 1. The summed E-state index contributed by atoms with van der Waals surface area (Å²) in [6.07, 6.45) is -0.197. The van der Waals surface area contributed by atoms with Gasteiger partial charge in [-0.3, -0.25) is 9.59 Å². The second-order valence-electron chi connectivity index (χ2n) is 7.84. The lowest BCUT2D eigenvalue weighted by molar-refractivity contribution is -0.124. The first-order valence-electron chi connectivity index (χ1n) is 10.6. The van der Waals surface area contributed by atoms with E-state index in [1.165, 1.54) is 35.5 Å². The zero-order valence-electron chi connectivity index (χ0n) is 18.7. The van der Waals surface area contributed by atoms with Crippen molar-refractivity contribution < 1.29 is 23.9 Å². The molecular formula is C25H23N3O5S. The Labute approximate surface area is 200 Å². The molecule has 4 rings (SSSR count). The molecule has 0 saturated carbocycles. The molecule has 0 spiro atoms. The van der Waals surface area contributed by atoms with Gasteiger partial charge in [-0.25, -0.2) is 14.5 Å². The molecule has 1 aliphatic heterocycles. The number of carbonyl (C=O) groups is 4. The fraction of sp³-hybridized carbons (Fsp3) is 0.200. The van der Waals surface area contributed by atoms with Gasteiger partial charge in [0.25, 0.3) is 5.91 Å². The van der Waals surface area contributed by atoms with E-state index in [1.54, 1.807) is 30.3 Å². The number of hydrogen-bond donors (Lipinski definition) is 1. The van der Waals surface area contributed by atoms with Crippen molar-refractivity contribution >= 4 is 46.5 Å². The summed E-state index contributed by atoms with van der Waals surface area (Å²) in [5.41, 5.74) is 2.22. The lowest BCUT2D eigenvalue weighted by Crippen LogP contribution is -2.37. The lowest BCUT2D eigenvalue weighted by Gasteiger charge is -2.21. The Morgan fingerprint density at radius 2 is 1.82 bits per heavy atom. The number of esters is 1. The van der Waals surface area contributed by atoms with Crippen molar-refractivity contribution in [2.45, 2.75) is 25.9 Å². The maximum Gasteiger partial charge on any atom is 0.337 e. The Balaban J connectivity index is 1.54. The summed E-state index contributed by atoms with van der Waals surface area (Å²) in [5.74, 6) is -1.34. The molecule has 34 heavy (non-hydrogen) atoms. The number of methoxy groups -OCH3 is 1. The Bertz CT molecular complexity index is 1220. The van der Waals surface area contributed by atoms with E-state index in [-0.39, 0.29) is 13.0 Å². The second-order valence-corrected chi connectivity index (χ2v) is 8.87. The van der Waals surface area contributed by atoms with Crippen molar-refractivity contribution in [2.75, 3.05) is 17.3 Å². The van der Waals surface area contributed by atoms with Gasteiger partial charge in [0.05, 0.1) is 31.3 Å². The molecule has 1 atom stereocenters. The minimum absolute atomic E-state index is 0.197. The normalized spacial score (nSPS) is 15.5. The van der Waals surface area contributed by atoms with E-state index in [0.717, 1.165) is 15.3 Å². The van der Waals surface area contributed by atoms with Crippen LogP contribution >= 0.6 is 11.3 Å². The van der Waals surface area contributed by atoms with Gasteiger partial charge in [-0.2, -0.15) is 0 Å². The van der Waals surface area contributed by atoms with E-state index in [9.17, 15) is 19.2 Å². The van der Waals surface area contributed by atoms with Crippen molar-refractivity contribution in [3.8, 4) is 0 Å². The smallest absolute Gasteiger partial charge is 0.337 e. The SMILES string of the molecule is COC(=O)c1ccc(NC(=O)CC2C(=O)N(c3cccc(C)c3)C(=O)N2Cc2cccs2)cc1. The third-order valence-electron chi connectivity index (χ3n) is 5.45. The molecule has 3 aromatic rings. The summed E-state index contributed by atoms with van der Waals surface area (Å²) < 4.78 is 4.67. The largest absolute Gasteiger partial charge is 0.465 e. The molecule has 0 radical (unpaired) electrons. The topological polar surface area (TPSA) is 96.0 Å². The maximum absolute atomic E-state index is 13.3. The van der Waals surface area contributed by atoms with Gasteiger partial charge in [-0.05, 0) is 60.3 Å². The van der Waals surface area contributed by atoms with Gasteiger partial charge >= 0.3 is 12.0 Å². The van der Waals surface area contributed by atoms with Crippen LogP contribution in [0.3, 0.4) is 0 Å². The van der Waals surface area contributed by atoms with Crippen molar-refractivity contribution in [3.05, 3.63) is 82.0 Å². The highest BCUT2D eigenvalue weighted by molar-refractivity contribution is 7.09. The summed E-state index contributed by atoms with van der Waals surface area (Å²) >= 11 is 1.48. The predicted octanol–water partition coefficient (Wildman–Crippen LogP) is 4.21. The van der Waals surface area contributed by atoms with Crippen LogP contribution in [0, 0.1) is 6.92 Å². The van der Waals surface area contributed by atoms with Crippen LogP contribution in [0.15, 0.2) is 66.0 Å². The fourth-order valence-electron chi connectivity index (χ4n) is 3.78. The van der Waals surface area contributed by atoms with Crippen LogP contribution in [0.2, 0.25) is 0 Å². The zero-order chi connectivity index (χ0) is 24.2. The standard InChI is InChI=1S/C25H23N3O5S/c1-16-5-3-6-19(13-16)28-23(30)21(27(25(28)32)15-20-7-4-12-34-20)14-22(29)26-18-10-8-17(9-11-18)24(31)33-2/h3-13,21H,14-15H2,1-2H3,(H,26,29). The maximum atomic E-state index is 13.3. The number of aryl methyl sites for hydroxylation is 1. The number of hydrogen-bond acceptors (Lipinski definition) is 6. The number of rotatable bonds is 7. The minimum Gasteiger partial charge on any atom is -0.465 e. The Hall–Kier alpha value is -3.98. The van der Waals surface area contributed by atoms with Crippen LogP contribution in [-0.4, -0.2) is 41.9 Å². The second kappa shape index (κ2) is 9.88. The third-order valence-corrected chi connectivity index (χ3v) is 6.31. The van der Waals surface area contributed by atoms with Crippen molar-refractivity contribution in [3.63, 3.8) is 0 Å². The van der Waals surface area contributed by atoms with E-state index < -0.39 is 29.9 Å². The molecule has 174 valence electrons. The molecule has 1 unspecified atom stereocenters. The number of imide groups is 1. The van der Waals surface area contributed by atoms with Crippen molar-refractivity contribution in [1.82, 2.24) is 4.90 Å². The summed E-state index contributed by atoms with van der Waals surface area (Å²) in [4.78, 5) is 54.6. The molecule has 1 saturated heterocycles. The van der Waals surface area contributed by atoms with Crippen LogP contribution in [0.5, 0.6) is 0 Å². The molecule has 1 N–H and O–H groups in total. The van der Waals surface area contributed by atoms with Gasteiger partial charge in [0.2, 0.25) is 5.91 Å². The van der Waals surface area contributed by atoms with Crippen molar-refractivity contribution in [2.24, 2.45) is 0 Å². The Morgan fingerprint density at radius 3 is 2.47 bits per heavy atom. The number of urea groups is 1. The third kappa shape index (κ3) is 4.84. The number of nitrogens with zero attached hydrogens (tertiary/aromatic N) is 2. The number of amides is 4. The van der Waals surface area contributed by atoms with E-state index >= 15 is 0 Å². The van der Waals surface area contributed by atoms with Gasteiger partial charge in [-0.1, -0.05) is 18.2 Å². The average molecular weight is 478 g/mol. The van der Waals surface area contributed by atoms with Crippen LogP contribution in [0.1, 0.15) is 27.2 Å². The minimum atomic E-state index is -0.940. The molecule has 1 fully saturated rings. The Morgan fingerprint density at radius 1 is 1.06 bits per heavy atom. The first-order chi connectivity index (χ1) is 16.4. The fourth-order valence-corrected chi connectivity index (χ4v) is 4.49. The highest BCUT2D eigenvalue weighted by atomic mass is 32.1. The lowest BCUT2D eigenvalue weighted by atomic mass is 10.1. The van der Waals surface area contributed by atoms with E-state index in [0.29, 0.717) is 16.9 Å².